The number of amides is 1. The van der Waals surface area contributed by atoms with Gasteiger partial charge in [0, 0.05) is 18.5 Å². The first-order valence-corrected chi connectivity index (χ1v) is 10.9. The van der Waals surface area contributed by atoms with E-state index in [-0.39, 0.29) is 29.3 Å². The van der Waals surface area contributed by atoms with Gasteiger partial charge < -0.3 is 10.1 Å². The van der Waals surface area contributed by atoms with Gasteiger partial charge in [-0.2, -0.15) is 0 Å². The molecule has 0 heterocycles. The summed E-state index contributed by atoms with van der Waals surface area (Å²) in [7, 11) is -2.30. The summed E-state index contributed by atoms with van der Waals surface area (Å²) in [6.07, 6.45) is 0.0490. The number of benzene rings is 2. The highest BCUT2D eigenvalue weighted by molar-refractivity contribution is 7.92. The fourth-order valence-corrected chi connectivity index (χ4v) is 4.70. The van der Waals surface area contributed by atoms with E-state index < -0.39 is 10.0 Å². The molecule has 0 saturated heterocycles. The number of carbonyl (C=O) groups excluding carboxylic acids is 1. The monoisotopic (exact) mass is 418 g/mol. The second kappa shape index (κ2) is 8.86. The van der Waals surface area contributed by atoms with Crippen molar-refractivity contribution in [3.63, 3.8) is 0 Å². The van der Waals surface area contributed by atoms with Crippen molar-refractivity contribution in [3.05, 3.63) is 53.6 Å². The molecule has 0 aliphatic rings. The topological polar surface area (TPSA) is 75.7 Å². The molecule has 7 heteroatoms. The first kappa shape index (κ1) is 22.7. The number of carbonyl (C=O) groups is 1. The van der Waals surface area contributed by atoms with Crippen LogP contribution in [0.5, 0.6) is 5.75 Å². The van der Waals surface area contributed by atoms with Crippen molar-refractivity contribution in [2.75, 3.05) is 18.0 Å². The molecule has 0 unspecified atom stereocenters. The molecule has 29 heavy (non-hydrogen) atoms. The third kappa shape index (κ3) is 5.97. The van der Waals surface area contributed by atoms with Gasteiger partial charge in [-0.15, -0.1) is 0 Å². The summed E-state index contributed by atoms with van der Waals surface area (Å²) in [6.45, 7) is 9.39. The lowest BCUT2D eigenvalue weighted by Crippen LogP contribution is -2.42. The Balaban J connectivity index is 2.41. The number of aryl methyl sites for hydroxylation is 2. The second-order valence-electron chi connectivity index (χ2n) is 8.09. The van der Waals surface area contributed by atoms with Crippen molar-refractivity contribution in [3.8, 4) is 5.75 Å². The number of rotatable bonds is 7. The van der Waals surface area contributed by atoms with E-state index in [0.717, 1.165) is 5.56 Å². The molecule has 0 bridgehead atoms. The van der Waals surface area contributed by atoms with E-state index in [2.05, 4.69) is 5.32 Å². The molecular formula is C22H30N2O4S. The van der Waals surface area contributed by atoms with Gasteiger partial charge in [-0.25, -0.2) is 8.42 Å². The highest BCUT2D eigenvalue weighted by atomic mass is 32.2. The highest BCUT2D eigenvalue weighted by Crippen LogP contribution is 2.28. The van der Waals surface area contributed by atoms with Crippen molar-refractivity contribution >= 4 is 21.6 Å². The summed E-state index contributed by atoms with van der Waals surface area (Å²) in [5.74, 6) is 0.426. The zero-order chi connectivity index (χ0) is 21.8. The Morgan fingerprint density at radius 3 is 2.21 bits per heavy atom. The molecule has 0 spiro atoms. The average Bonchev–Trinajstić information content (AvgIpc) is 2.60. The zero-order valence-corrected chi connectivity index (χ0v) is 18.8. The van der Waals surface area contributed by atoms with Gasteiger partial charge in [0.05, 0.1) is 17.7 Å². The number of nitrogens with one attached hydrogen (secondary N) is 1. The van der Waals surface area contributed by atoms with E-state index >= 15 is 0 Å². The maximum Gasteiger partial charge on any atom is 0.264 e. The van der Waals surface area contributed by atoms with Gasteiger partial charge in [0.15, 0.2) is 0 Å². The minimum atomic E-state index is -3.85. The summed E-state index contributed by atoms with van der Waals surface area (Å²) < 4.78 is 33.4. The van der Waals surface area contributed by atoms with Gasteiger partial charge >= 0.3 is 0 Å². The number of sulfonamides is 1. The molecule has 1 amide bonds. The van der Waals surface area contributed by atoms with Crippen LogP contribution >= 0.6 is 0 Å². The molecule has 0 aliphatic heterocycles. The van der Waals surface area contributed by atoms with Crippen LogP contribution in [0.2, 0.25) is 0 Å². The summed E-state index contributed by atoms with van der Waals surface area (Å²) >= 11 is 0. The minimum absolute atomic E-state index is 0.0316. The molecule has 0 radical (unpaired) electrons. The third-order valence-corrected chi connectivity index (χ3v) is 6.30. The fraction of sp³-hybridized carbons (Fsp3) is 0.409. The van der Waals surface area contributed by atoms with Crippen LogP contribution in [0.25, 0.3) is 0 Å². The Bertz CT molecular complexity index is 961. The van der Waals surface area contributed by atoms with Crippen molar-refractivity contribution < 1.29 is 17.9 Å². The first-order valence-electron chi connectivity index (χ1n) is 9.49. The SMILES string of the molecule is COc1ccc(N(CCC(=O)NC(C)(C)C)S(=O)(=O)c2ccc(C)cc2C)cc1. The van der Waals surface area contributed by atoms with Gasteiger partial charge in [-0.1, -0.05) is 17.7 Å². The van der Waals surface area contributed by atoms with Crippen LogP contribution in [-0.2, 0) is 14.8 Å². The lowest BCUT2D eigenvalue weighted by atomic mass is 10.1. The average molecular weight is 419 g/mol. The molecule has 2 aromatic rings. The molecule has 0 fully saturated rings. The standard InChI is InChI=1S/C22H30N2O4S/c1-16-7-12-20(17(2)15-16)29(26,27)24(14-13-21(25)23-22(3,4)5)18-8-10-19(28-6)11-9-18/h7-12,15H,13-14H2,1-6H3,(H,23,25). The van der Waals surface area contributed by atoms with Crippen LogP contribution in [0.3, 0.4) is 0 Å². The molecule has 1 N–H and O–H groups in total. The van der Waals surface area contributed by atoms with Crippen molar-refractivity contribution in [1.29, 1.82) is 0 Å². The first-order chi connectivity index (χ1) is 13.4. The van der Waals surface area contributed by atoms with Crippen molar-refractivity contribution in [2.24, 2.45) is 0 Å². The Morgan fingerprint density at radius 1 is 1.07 bits per heavy atom. The van der Waals surface area contributed by atoms with Crippen molar-refractivity contribution in [2.45, 2.75) is 51.5 Å². The highest BCUT2D eigenvalue weighted by Gasteiger charge is 2.27. The molecule has 0 saturated carbocycles. The van der Waals surface area contributed by atoms with Gasteiger partial charge in [-0.05, 0) is 70.5 Å². The molecule has 0 aliphatic carbocycles. The molecule has 2 rings (SSSR count). The summed E-state index contributed by atoms with van der Waals surface area (Å²) in [5.41, 5.74) is 1.76. The predicted octanol–water partition coefficient (Wildman–Crippen LogP) is 3.81. The largest absolute Gasteiger partial charge is 0.497 e. The number of hydrogen-bond acceptors (Lipinski definition) is 4. The van der Waals surface area contributed by atoms with Crippen LogP contribution in [0, 0.1) is 13.8 Å². The quantitative estimate of drug-likeness (QED) is 0.742. The Kier molecular flexibility index (Phi) is 6.95. The minimum Gasteiger partial charge on any atom is -0.497 e. The van der Waals surface area contributed by atoms with Crippen molar-refractivity contribution in [1.82, 2.24) is 5.32 Å². The maximum absolute atomic E-state index is 13.5. The fourth-order valence-electron chi connectivity index (χ4n) is 3.03. The van der Waals surface area contributed by atoms with Gasteiger partial charge in [-0.3, -0.25) is 9.10 Å². The number of methoxy groups -OCH3 is 1. The molecule has 2 aromatic carbocycles. The van der Waals surface area contributed by atoms with E-state index in [1.807, 2.05) is 33.8 Å². The predicted molar refractivity (Wildman–Crippen MR) is 116 cm³/mol. The van der Waals surface area contributed by atoms with Crippen LogP contribution in [0.4, 0.5) is 5.69 Å². The van der Waals surface area contributed by atoms with Gasteiger partial charge in [0.25, 0.3) is 10.0 Å². The van der Waals surface area contributed by atoms with E-state index in [1.54, 1.807) is 50.4 Å². The smallest absolute Gasteiger partial charge is 0.264 e. The molecule has 0 aromatic heterocycles. The maximum atomic E-state index is 13.5. The Hall–Kier alpha value is -2.54. The van der Waals surface area contributed by atoms with E-state index in [1.165, 1.54) is 4.31 Å². The molecule has 0 atom stereocenters. The van der Waals surface area contributed by atoms with E-state index in [0.29, 0.717) is 17.0 Å². The molecular weight excluding hydrogens is 388 g/mol. The number of nitrogens with zero attached hydrogens (tertiary/aromatic N) is 1. The van der Waals surface area contributed by atoms with Crippen LogP contribution in [-0.4, -0.2) is 33.5 Å². The summed E-state index contributed by atoms with van der Waals surface area (Å²) in [5, 5.41) is 2.87. The van der Waals surface area contributed by atoms with Crippen LogP contribution in [0.15, 0.2) is 47.4 Å². The number of hydrogen-bond donors (Lipinski definition) is 1. The Morgan fingerprint density at radius 2 is 1.69 bits per heavy atom. The summed E-state index contributed by atoms with van der Waals surface area (Å²) in [4.78, 5) is 12.5. The lowest BCUT2D eigenvalue weighted by molar-refractivity contribution is -0.122. The van der Waals surface area contributed by atoms with E-state index in [4.69, 9.17) is 4.74 Å². The third-order valence-electron chi connectivity index (χ3n) is 4.32. The molecule has 6 nitrogen and oxygen atoms in total. The summed E-state index contributed by atoms with van der Waals surface area (Å²) in [6, 6.07) is 12.0. The van der Waals surface area contributed by atoms with Crippen LogP contribution in [0.1, 0.15) is 38.3 Å². The van der Waals surface area contributed by atoms with Crippen LogP contribution < -0.4 is 14.4 Å². The van der Waals surface area contributed by atoms with Gasteiger partial charge in [0.1, 0.15) is 5.75 Å². The lowest BCUT2D eigenvalue weighted by Gasteiger charge is -2.26. The second-order valence-corrected chi connectivity index (χ2v) is 9.92. The zero-order valence-electron chi connectivity index (χ0n) is 17.9. The molecule has 158 valence electrons. The van der Waals surface area contributed by atoms with E-state index in [9.17, 15) is 13.2 Å². The van der Waals surface area contributed by atoms with Gasteiger partial charge in [0.2, 0.25) is 5.91 Å². The number of anilines is 1. The number of ether oxygens (including phenoxy) is 1. The Labute approximate surface area is 173 Å². The normalized spacial score (nSPS) is 11.8.